The molecule has 0 saturated heterocycles. The zero-order valence-corrected chi connectivity index (χ0v) is 30.4. The minimum Gasteiger partial charge on any atom is -0.491 e. The van der Waals surface area contributed by atoms with Gasteiger partial charge in [-0.15, -0.1) is 0 Å². The highest BCUT2D eigenvalue weighted by atomic mass is 19.4. The molecule has 1 fully saturated rings. The number of nitrogens with one attached hydrogen (secondary N) is 4. The van der Waals surface area contributed by atoms with Gasteiger partial charge < -0.3 is 55.4 Å². The number of primary amides is 1. The van der Waals surface area contributed by atoms with Crippen molar-refractivity contribution in [1.82, 2.24) is 25.6 Å². The number of nitrogens with zero attached hydrogens (tertiary/aromatic N) is 3. The zero-order valence-electron chi connectivity index (χ0n) is 30.4. The van der Waals surface area contributed by atoms with Crippen LogP contribution in [0.2, 0.25) is 0 Å². The van der Waals surface area contributed by atoms with Crippen molar-refractivity contribution in [3.8, 4) is 17.5 Å². The lowest BCUT2D eigenvalue weighted by Crippen LogP contribution is -2.51. The maximum atomic E-state index is 13.5. The first-order valence-corrected chi connectivity index (χ1v) is 17.3. The third kappa shape index (κ3) is 12.7. The van der Waals surface area contributed by atoms with Crippen LogP contribution in [0.15, 0.2) is 42.5 Å². The van der Waals surface area contributed by atoms with Crippen LogP contribution in [0.25, 0.3) is 0 Å². The Balaban J connectivity index is 1.42. The Hall–Kier alpha value is -5.63. The third-order valence-electron chi connectivity index (χ3n) is 7.82. The Morgan fingerprint density at radius 2 is 1.56 bits per heavy atom. The fourth-order valence-electron chi connectivity index (χ4n) is 5.12. The van der Waals surface area contributed by atoms with Crippen molar-refractivity contribution in [1.29, 1.82) is 0 Å². The van der Waals surface area contributed by atoms with Gasteiger partial charge in [0.25, 0.3) is 5.91 Å². The molecule has 6 N–H and O–H groups in total. The minimum absolute atomic E-state index is 0.0161. The van der Waals surface area contributed by atoms with Gasteiger partial charge in [-0.3, -0.25) is 9.59 Å². The number of alkyl halides is 3. The fraction of sp³-hybridized carbons (Fsp3) is 0.486. The lowest BCUT2D eigenvalue weighted by Gasteiger charge is -2.22. The average molecular weight is 777 g/mol. The predicted molar refractivity (Wildman–Crippen MR) is 189 cm³/mol. The number of fused-ring (bicyclic) bond motifs is 11. The van der Waals surface area contributed by atoms with Crippen molar-refractivity contribution in [2.45, 2.75) is 57.0 Å². The molecular weight excluding hydrogens is 733 g/mol. The number of rotatable bonds is 7. The van der Waals surface area contributed by atoms with E-state index in [-0.39, 0.29) is 61.9 Å². The second-order valence-electron chi connectivity index (χ2n) is 13.5. The second kappa shape index (κ2) is 17.7. The number of benzene rings is 2. The van der Waals surface area contributed by atoms with Gasteiger partial charge >= 0.3 is 18.3 Å². The normalized spacial score (nSPS) is 16.5. The number of carbonyl (C=O) groups is 3. The summed E-state index contributed by atoms with van der Waals surface area (Å²) in [6, 6.07) is 9.70. The summed E-state index contributed by atoms with van der Waals surface area (Å²) in [5, 5.41) is 11.0. The summed E-state index contributed by atoms with van der Waals surface area (Å²) >= 11 is 0. The Morgan fingerprint density at radius 1 is 0.909 bits per heavy atom. The highest BCUT2D eigenvalue weighted by Gasteiger charge is 2.45. The molecule has 3 amide bonds. The molecule has 0 radical (unpaired) electrons. The smallest absolute Gasteiger partial charge is 0.422 e. The van der Waals surface area contributed by atoms with E-state index in [4.69, 9.17) is 34.2 Å². The molecular formula is C35H43F3N8O9. The molecule has 6 rings (SSSR count). The molecule has 3 heterocycles. The maximum absolute atomic E-state index is 13.5. The number of nitrogens with two attached hydrogens (primary N) is 1. The van der Waals surface area contributed by atoms with E-state index in [9.17, 15) is 27.6 Å². The van der Waals surface area contributed by atoms with Crippen LogP contribution >= 0.6 is 0 Å². The Kier molecular flexibility index (Phi) is 13.0. The number of amides is 3. The molecule has 1 aliphatic carbocycles. The van der Waals surface area contributed by atoms with Crippen LogP contribution in [-0.4, -0.2) is 103 Å². The largest absolute Gasteiger partial charge is 0.491 e. The van der Waals surface area contributed by atoms with Crippen LogP contribution < -0.4 is 41.2 Å². The standard InChI is InChI=1S/C35H43F3N8O9/c1-33(2,3)55-32(49)40-19-25(27(39)47)42-28(48)24-9-6-22-18-26(24)53-17-15-51-13-12-50-14-16-52-23-7-4-21(5-8-23)34(10-11-34)46-30-43-29(41-22)44-31(45-30)54-20-35(36,37)38/h4-9,18,25H,10-17,19-20H2,1-3H3,(H2,39,47)(H,40,49)(H,42,48)(H2,41,43,44,45,46)/t25-/m0/s1. The summed E-state index contributed by atoms with van der Waals surface area (Å²) < 4.78 is 72.3. The van der Waals surface area contributed by atoms with Crippen molar-refractivity contribution in [3.63, 3.8) is 0 Å². The van der Waals surface area contributed by atoms with E-state index in [1.807, 2.05) is 24.3 Å². The van der Waals surface area contributed by atoms with E-state index in [1.54, 1.807) is 20.8 Å². The van der Waals surface area contributed by atoms with E-state index in [2.05, 4.69) is 36.2 Å². The molecule has 2 aliphatic heterocycles. The van der Waals surface area contributed by atoms with Crippen molar-refractivity contribution in [2.75, 3.05) is 63.4 Å². The van der Waals surface area contributed by atoms with Gasteiger partial charge in [0.1, 0.15) is 36.4 Å². The van der Waals surface area contributed by atoms with Gasteiger partial charge in [-0.1, -0.05) is 12.1 Å². The number of halogens is 3. The monoisotopic (exact) mass is 776 g/mol. The number of aromatic nitrogens is 3. The van der Waals surface area contributed by atoms with E-state index < -0.39 is 53.9 Å². The van der Waals surface area contributed by atoms with Crippen LogP contribution in [0.4, 0.5) is 35.5 Å². The van der Waals surface area contributed by atoms with Gasteiger partial charge in [0.15, 0.2) is 6.61 Å². The van der Waals surface area contributed by atoms with Crippen LogP contribution in [0.1, 0.15) is 49.5 Å². The molecule has 1 saturated carbocycles. The van der Waals surface area contributed by atoms with E-state index in [1.165, 1.54) is 18.2 Å². The van der Waals surface area contributed by atoms with Gasteiger partial charge in [-0.2, -0.15) is 28.1 Å². The number of alkyl carbamates (subject to hydrolysis) is 1. The number of carbonyl (C=O) groups excluding carboxylic acids is 3. The summed E-state index contributed by atoms with van der Waals surface area (Å²) in [7, 11) is 0. The summed E-state index contributed by atoms with van der Waals surface area (Å²) in [5.41, 5.74) is 5.22. The topological polar surface area (TPSA) is 219 Å². The first-order chi connectivity index (χ1) is 26.1. The molecule has 0 unspecified atom stereocenters. The molecule has 20 heteroatoms. The van der Waals surface area contributed by atoms with Gasteiger partial charge in [0, 0.05) is 11.8 Å². The lowest BCUT2D eigenvalue weighted by molar-refractivity contribution is -0.154. The number of hydrogen-bond donors (Lipinski definition) is 5. The van der Waals surface area contributed by atoms with Crippen LogP contribution in [-0.2, 0) is 24.5 Å². The Morgan fingerprint density at radius 3 is 2.20 bits per heavy atom. The Labute approximate surface area is 314 Å². The van der Waals surface area contributed by atoms with E-state index in [0.717, 1.165) is 5.56 Å². The molecule has 1 spiro atoms. The minimum atomic E-state index is -4.66. The summed E-state index contributed by atoms with van der Waals surface area (Å²) in [4.78, 5) is 50.4. The molecule has 298 valence electrons. The third-order valence-corrected chi connectivity index (χ3v) is 7.82. The van der Waals surface area contributed by atoms with Crippen molar-refractivity contribution < 1.29 is 56.0 Å². The summed E-state index contributed by atoms with van der Waals surface area (Å²) in [6.45, 7) is 4.18. The van der Waals surface area contributed by atoms with Gasteiger partial charge in [-0.05, 0) is 63.4 Å². The predicted octanol–water partition coefficient (Wildman–Crippen LogP) is 3.57. The molecule has 1 aromatic heterocycles. The first-order valence-electron chi connectivity index (χ1n) is 17.3. The lowest BCUT2D eigenvalue weighted by atomic mass is 10.1. The molecule has 6 bridgehead atoms. The molecule has 3 aliphatic rings. The Bertz CT molecular complexity index is 1810. The number of anilines is 3. The van der Waals surface area contributed by atoms with Crippen molar-refractivity contribution in [2.24, 2.45) is 5.73 Å². The highest BCUT2D eigenvalue weighted by molar-refractivity contribution is 6.00. The van der Waals surface area contributed by atoms with Gasteiger partial charge in [0.05, 0.1) is 44.1 Å². The van der Waals surface area contributed by atoms with Crippen LogP contribution in [0, 0.1) is 0 Å². The average Bonchev–Trinajstić information content (AvgIpc) is 3.89. The summed E-state index contributed by atoms with van der Waals surface area (Å²) in [5.74, 6) is -1.29. The van der Waals surface area contributed by atoms with Crippen molar-refractivity contribution in [3.05, 3.63) is 53.6 Å². The van der Waals surface area contributed by atoms with E-state index >= 15 is 0 Å². The second-order valence-corrected chi connectivity index (χ2v) is 13.5. The summed E-state index contributed by atoms with van der Waals surface area (Å²) in [6.07, 6.45) is -4.10. The number of ether oxygens (including phenoxy) is 6. The number of hydrogen-bond acceptors (Lipinski definition) is 14. The molecule has 1 atom stereocenters. The molecule has 55 heavy (non-hydrogen) atoms. The molecule has 3 aromatic rings. The molecule has 2 aromatic carbocycles. The van der Waals surface area contributed by atoms with Gasteiger partial charge in [-0.25, -0.2) is 4.79 Å². The maximum Gasteiger partial charge on any atom is 0.422 e. The fourth-order valence-corrected chi connectivity index (χ4v) is 5.12. The van der Waals surface area contributed by atoms with Gasteiger partial charge in [0.2, 0.25) is 17.8 Å². The highest BCUT2D eigenvalue weighted by Crippen LogP contribution is 2.48. The quantitative estimate of drug-likeness (QED) is 0.217. The van der Waals surface area contributed by atoms with Crippen LogP contribution in [0.5, 0.6) is 17.5 Å². The first kappa shape index (κ1) is 40.6. The van der Waals surface area contributed by atoms with E-state index in [0.29, 0.717) is 31.8 Å². The SMILES string of the molecule is CC(C)(C)OC(=O)NC[C@H](NC(=O)c1ccc2cc1OCCOCCOCCOc1ccc(cc1)C1(CC1)Nc1nc(nc(OCC(F)(F)F)n1)N2)C(N)=O. The zero-order chi connectivity index (χ0) is 39.6. The molecule has 17 nitrogen and oxygen atoms in total. The van der Waals surface area contributed by atoms with Crippen molar-refractivity contribution >= 4 is 35.5 Å². The van der Waals surface area contributed by atoms with Crippen LogP contribution in [0.3, 0.4) is 0 Å².